The van der Waals surface area contributed by atoms with Gasteiger partial charge in [0.1, 0.15) is 0 Å². The quantitative estimate of drug-likeness (QED) is 0.649. The van der Waals surface area contributed by atoms with Crippen molar-refractivity contribution in [3.63, 3.8) is 0 Å². The number of non-ortho nitro benzene ring substituents is 1. The Morgan fingerprint density at radius 2 is 2.24 bits per heavy atom. The summed E-state index contributed by atoms with van der Waals surface area (Å²) in [5, 5.41) is 18.0. The van der Waals surface area contributed by atoms with Crippen LogP contribution >= 0.6 is 0 Å². The summed E-state index contributed by atoms with van der Waals surface area (Å²) in [6, 6.07) is 4.97. The summed E-state index contributed by atoms with van der Waals surface area (Å²) in [5.74, 6) is 0.841. The zero-order valence-corrected chi connectivity index (χ0v) is 12.3. The van der Waals surface area contributed by atoms with Crippen molar-refractivity contribution in [3.05, 3.63) is 39.8 Å². The normalized spacial score (nSPS) is 12.3. The molecule has 0 amide bonds. The van der Waals surface area contributed by atoms with E-state index in [0.29, 0.717) is 29.9 Å². The topological polar surface area (TPSA) is 94.1 Å². The van der Waals surface area contributed by atoms with Crippen molar-refractivity contribution in [2.75, 3.05) is 0 Å². The van der Waals surface area contributed by atoms with E-state index in [1.807, 2.05) is 6.92 Å². The number of aromatic nitrogens is 2. The third-order valence-corrected chi connectivity index (χ3v) is 3.36. The highest BCUT2D eigenvalue weighted by atomic mass is 16.6. The maximum Gasteiger partial charge on any atom is 0.270 e. The van der Waals surface area contributed by atoms with Crippen molar-refractivity contribution >= 4 is 5.69 Å². The molecule has 1 aromatic heterocycles. The van der Waals surface area contributed by atoms with Crippen LogP contribution in [0.2, 0.25) is 0 Å². The van der Waals surface area contributed by atoms with E-state index in [9.17, 15) is 10.1 Å². The summed E-state index contributed by atoms with van der Waals surface area (Å²) in [5.41, 5.74) is 1.49. The molecule has 0 bridgehead atoms. The van der Waals surface area contributed by atoms with Crippen molar-refractivity contribution < 1.29 is 9.45 Å². The van der Waals surface area contributed by atoms with Crippen LogP contribution in [0.4, 0.5) is 5.69 Å². The Morgan fingerprint density at radius 3 is 2.90 bits per heavy atom. The highest BCUT2D eigenvalue weighted by Gasteiger charge is 2.15. The monoisotopic (exact) mass is 290 g/mol. The van der Waals surface area contributed by atoms with Crippen LogP contribution in [0.1, 0.15) is 31.7 Å². The van der Waals surface area contributed by atoms with E-state index in [4.69, 9.17) is 4.52 Å². The van der Waals surface area contributed by atoms with Crippen LogP contribution in [0.5, 0.6) is 0 Å². The molecular weight excluding hydrogens is 272 g/mol. The van der Waals surface area contributed by atoms with Crippen molar-refractivity contribution in [1.82, 2.24) is 15.5 Å². The molecule has 1 N–H and O–H groups in total. The molecule has 0 fully saturated rings. The fourth-order valence-electron chi connectivity index (χ4n) is 1.81. The first-order valence-electron chi connectivity index (χ1n) is 6.82. The number of nitro benzene ring substituents is 1. The van der Waals surface area contributed by atoms with E-state index in [-0.39, 0.29) is 5.69 Å². The minimum Gasteiger partial charge on any atom is -0.338 e. The van der Waals surface area contributed by atoms with Gasteiger partial charge in [0.25, 0.3) is 5.69 Å². The van der Waals surface area contributed by atoms with Gasteiger partial charge in [-0.2, -0.15) is 4.98 Å². The minimum atomic E-state index is -0.436. The summed E-state index contributed by atoms with van der Waals surface area (Å²) in [4.78, 5) is 14.7. The van der Waals surface area contributed by atoms with E-state index in [1.54, 1.807) is 6.07 Å². The van der Waals surface area contributed by atoms with Gasteiger partial charge in [-0.1, -0.05) is 18.1 Å². The smallest absolute Gasteiger partial charge is 0.270 e. The van der Waals surface area contributed by atoms with Crippen LogP contribution in [-0.2, 0) is 6.54 Å². The summed E-state index contributed by atoms with van der Waals surface area (Å²) in [7, 11) is 0. The second-order valence-electron chi connectivity index (χ2n) is 4.96. The van der Waals surface area contributed by atoms with Gasteiger partial charge in [-0.3, -0.25) is 10.1 Å². The van der Waals surface area contributed by atoms with Crippen LogP contribution in [-0.4, -0.2) is 21.1 Å². The summed E-state index contributed by atoms with van der Waals surface area (Å²) in [6.07, 6.45) is 1.00. The van der Waals surface area contributed by atoms with Crippen LogP contribution in [0.3, 0.4) is 0 Å². The maximum absolute atomic E-state index is 10.8. The minimum absolute atomic E-state index is 0.0136. The van der Waals surface area contributed by atoms with Crippen LogP contribution in [0, 0.1) is 17.0 Å². The van der Waals surface area contributed by atoms with Crippen molar-refractivity contribution in [2.45, 2.75) is 39.8 Å². The van der Waals surface area contributed by atoms with Crippen LogP contribution in [0.25, 0.3) is 11.4 Å². The van der Waals surface area contributed by atoms with Crippen molar-refractivity contribution in [2.24, 2.45) is 0 Å². The molecule has 7 nitrogen and oxygen atoms in total. The third kappa shape index (κ3) is 3.63. The second-order valence-corrected chi connectivity index (χ2v) is 4.96. The molecule has 2 rings (SSSR count). The Kier molecular flexibility index (Phi) is 4.64. The van der Waals surface area contributed by atoms with E-state index in [2.05, 4.69) is 29.3 Å². The van der Waals surface area contributed by atoms with Crippen molar-refractivity contribution in [1.29, 1.82) is 0 Å². The van der Waals surface area contributed by atoms with Crippen LogP contribution < -0.4 is 5.32 Å². The Bertz CT molecular complexity index is 639. The van der Waals surface area contributed by atoms with Crippen LogP contribution in [0.15, 0.2) is 22.7 Å². The Labute approximate surface area is 122 Å². The predicted octanol–water partition coefficient (Wildman–Crippen LogP) is 2.84. The number of nitrogens with zero attached hydrogens (tertiary/aromatic N) is 3. The molecule has 0 saturated heterocycles. The van der Waals surface area contributed by atoms with E-state index in [0.717, 1.165) is 12.0 Å². The Morgan fingerprint density at radius 1 is 1.48 bits per heavy atom. The molecule has 0 spiro atoms. The van der Waals surface area contributed by atoms with E-state index < -0.39 is 4.92 Å². The Hall–Kier alpha value is -2.28. The third-order valence-electron chi connectivity index (χ3n) is 3.36. The summed E-state index contributed by atoms with van der Waals surface area (Å²) < 4.78 is 5.18. The van der Waals surface area contributed by atoms with Gasteiger partial charge in [0.05, 0.1) is 11.5 Å². The zero-order chi connectivity index (χ0) is 15.4. The van der Waals surface area contributed by atoms with Gasteiger partial charge in [0.15, 0.2) is 0 Å². The van der Waals surface area contributed by atoms with Gasteiger partial charge < -0.3 is 9.84 Å². The second kappa shape index (κ2) is 6.45. The fraction of sp³-hybridized carbons (Fsp3) is 0.429. The lowest BCUT2D eigenvalue weighted by Crippen LogP contribution is -2.24. The lowest BCUT2D eigenvalue weighted by Gasteiger charge is -2.07. The molecule has 1 atom stereocenters. The first-order valence-corrected chi connectivity index (χ1v) is 6.82. The molecule has 0 saturated carbocycles. The van der Waals surface area contributed by atoms with Crippen molar-refractivity contribution in [3.8, 4) is 11.4 Å². The molecule has 21 heavy (non-hydrogen) atoms. The van der Waals surface area contributed by atoms with Gasteiger partial charge in [0, 0.05) is 23.7 Å². The molecule has 2 aromatic rings. The standard InChI is InChI=1S/C14H18N4O3/c1-4-10(3)15-8-13-16-14(17-21-13)12-7-11(18(19)20)6-5-9(12)2/h5-7,10,15H,4,8H2,1-3H3. The van der Waals surface area contributed by atoms with Gasteiger partial charge in [-0.15, -0.1) is 0 Å². The van der Waals surface area contributed by atoms with Gasteiger partial charge in [-0.05, 0) is 25.8 Å². The largest absolute Gasteiger partial charge is 0.338 e. The van der Waals surface area contributed by atoms with Gasteiger partial charge in [0.2, 0.25) is 11.7 Å². The number of rotatable bonds is 6. The lowest BCUT2D eigenvalue weighted by molar-refractivity contribution is -0.384. The first-order chi connectivity index (χ1) is 10.0. The molecule has 0 aliphatic carbocycles. The lowest BCUT2D eigenvalue weighted by atomic mass is 10.1. The molecule has 112 valence electrons. The molecule has 1 unspecified atom stereocenters. The molecule has 0 aliphatic heterocycles. The first kappa shape index (κ1) is 15.1. The molecule has 7 heteroatoms. The molecule has 1 heterocycles. The molecular formula is C14H18N4O3. The summed E-state index contributed by atoms with van der Waals surface area (Å²) in [6.45, 7) is 6.49. The Balaban J connectivity index is 2.21. The molecule has 1 aromatic carbocycles. The summed E-state index contributed by atoms with van der Waals surface area (Å²) >= 11 is 0. The zero-order valence-electron chi connectivity index (χ0n) is 12.3. The fourth-order valence-corrected chi connectivity index (χ4v) is 1.81. The number of aryl methyl sites for hydroxylation is 1. The highest BCUT2D eigenvalue weighted by Crippen LogP contribution is 2.25. The molecule has 0 radical (unpaired) electrons. The number of benzene rings is 1. The van der Waals surface area contributed by atoms with E-state index in [1.165, 1.54) is 12.1 Å². The molecule has 0 aliphatic rings. The van der Waals surface area contributed by atoms with Gasteiger partial charge in [-0.25, -0.2) is 0 Å². The highest BCUT2D eigenvalue weighted by molar-refractivity contribution is 5.63. The maximum atomic E-state index is 10.8. The number of hydrogen-bond acceptors (Lipinski definition) is 6. The average Bonchev–Trinajstić information content (AvgIpc) is 2.93. The SMILES string of the molecule is CCC(C)NCc1nc(-c2cc([N+](=O)[O-])ccc2C)no1. The van der Waals surface area contributed by atoms with E-state index >= 15 is 0 Å². The average molecular weight is 290 g/mol. The number of nitro groups is 1. The number of hydrogen-bond donors (Lipinski definition) is 1. The van der Waals surface area contributed by atoms with Gasteiger partial charge >= 0.3 is 0 Å². The predicted molar refractivity (Wildman–Crippen MR) is 77.7 cm³/mol. The number of nitrogens with one attached hydrogen (secondary N) is 1.